The van der Waals surface area contributed by atoms with Crippen LogP contribution in [0.2, 0.25) is 0 Å². The first-order valence-corrected chi connectivity index (χ1v) is 7.16. The van der Waals surface area contributed by atoms with Crippen LogP contribution in [-0.4, -0.2) is 54.2 Å². The minimum atomic E-state index is -1.17. The van der Waals surface area contributed by atoms with Crippen LogP contribution in [0.1, 0.15) is 11.8 Å². The van der Waals surface area contributed by atoms with Crippen LogP contribution < -0.4 is 5.32 Å². The number of likely N-dealkylation sites (N-methyl/N-ethyl adjacent to an activating group) is 1. The van der Waals surface area contributed by atoms with E-state index < -0.39 is 31.1 Å². The quantitative estimate of drug-likeness (QED) is 0.781. The van der Waals surface area contributed by atoms with E-state index in [1.54, 1.807) is 18.4 Å². The molecule has 7 nitrogen and oxygen atoms in total. The number of carbonyl (C=O) groups is 3. The Morgan fingerprint density at radius 1 is 1.43 bits per heavy atom. The van der Waals surface area contributed by atoms with E-state index in [-0.39, 0.29) is 6.04 Å². The molecule has 1 atom stereocenters. The SMILES string of the molecule is CC(Cc1cccs1)N(C)C(=O)NC(=O)COCC(=O)O. The van der Waals surface area contributed by atoms with Gasteiger partial charge in [0.25, 0.3) is 5.91 Å². The molecule has 2 N–H and O–H groups in total. The smallest absolute Gasteiger partial charge is 0.329 e. The predicted molar refractivity (Wildman–Crippen MR) is 77.2 cm³/mol. The topological polar surface area (TPSA) is 95.9 Å². The third kappa shape index (κ3) is 6.37. The molecule has 0 aromatic carbocycles. The fraction of sp³-hybridized carbons (Fsp3) is 0.462. The summed E-state index contributed by atoms with van der Waals surface area (Å²) in [6, 6.07) is 3.31. The number of hydrogen-bond donors (Lipinski definition) is 2. The van der Waals surface area contributed by atoms with Crippen molar-refractivity contribution in [2.24, 2.45) is 0 Å². The number of hydrogen-bond acceptors (Lipinski definition) is 5. The summed E-state index contributed by atoms with van der Waals surface area (Å²) >= 11 is 1.61. The van der Waals surface area contributed by atoms with Gasteiger partial charge >= 0.3 is 12.0 Å². The Balaban J connectivity index is 2.35. The lowest BCUT2D eigenvalue weighted by Gasteiger charge is -2.24. The molecule has 0 aliphatic heterocycles. The highest BCUT2D eigenvalue weighted by Gasteiger charge is 2.18. The van der Waals surface area contributed by atoms with Gasteiger partial charge in [-0.1, -0.05) is 6.07 Å². The predicted octanol–water partition coefficient (Wildman–Crippen LogP) is 0.948. The van der Waals surface area contributed by atoms with Crippen LogP contribution in [0.5, 0.6) is 0 Å². The highest BCUT2D eigenvalue weighted by atomic mass is 32.1. The number of amides is 3. The molecule has 0 spiro atoms. The van der Waals surface area contributed by atoms with E-state index in [1.165, 1.54) is 4.90 Å². The standard InChI is InChI=1S/C13H18N2O5S/c1-9(6-10-4-3-5-21-10)15(2)13(19)14-11(16)7-20-8-12(17)18/h3-5,9H,6-8H2,1-2H3,(H,17,18)(H,14,16,19). The molecule has 0 aliphatic rings. The fourth-order valence-electron chi connectivity index (χ4n) is 1.53. The van der Waals surface area contributed by atoms with E-state index in [1.807, 2.05) is 24.4 Å². The maximum atomic E-state index is 11.8. The van der Waals surface area contributed by atoms with E-state index >= 15 is 0 Å². The molecule has 0 saturated carbocycles. The number of urea groups is 1. The Kier molecular flexibility index (Phi) is 6.83. The van der Waals surface area contributed by atoms with Crippen molar-refractivity contribution < 1.29 is 24.2 Å². The molecule has 116 valence electrons. The summed E-state index contributed by atoms with van der Waals surface area (Å²) in [7, 11) is 1.60. The molecule has 0 saturated heterocycles. The van der Waals surface area contributed by atoms with Gasteiger partial charge in [-0.3, -0.25) is 10.1 Å². The summed E-state index contributed by atoms with van der Waals surface area (Å²) in [6.45, 7) is 0.835. The zero-order valence-corrected chi connectivity index (χ0v) is 12.7. The minimum Gasteiger partial charge on any atom is -0.480 e. The molecule has 21 heavy (non-hydrogen) atoms. The summed E-state index contributed by atoms with van der Waals surface area (Å²) in [5, 5.41) is 12.5. The highest BCUT2D eigenvalue weighted by Crippen LogP contribution is 2.13. The van der Waals surface area contributed by atoms with Gasteiger partial charge < -0.3 is 14.7 Å². The molecule has 0 fully saturated rings. The average molecular weight is 314 g/mol. The Labute approximate surface area is 126 Å². The number of nitrogens with zero attached hydrogens (tertiary/aromatic N) is 1. The first-order chi connectivity index (χ1) is 9.90. The highest BCUT2D eigenvalue weighted by molar-refractivity contribution is 7.09. The second kappa shape index (κ2) is 8.38. The minimum absolute atomic E-state index is 0.0728. The zero-order chi connectivity index (χ0) is 15.8. The van der Waals surface area contributed by atoms with Crippen molar-refractivity contribution in [3.05, 3.63) is 22.4 Å². The van der Waals surface area contributed by atoms with Gasteiger partial charge in [-0.15, -0.1) is 11.3 Å². The van der Waals surface area contributed by atoms with E-state index in [4.69, 9.17) is 5.11 Å². The molecule has 1 heterocycles. The molecular formula is C13H18N2O5S. The molecule has 8 heteroatoms. The Hall–Kier alpha value is -1.93. The van der Waals surface area contributed by atoms with Gasteiger partial charge in [-0.05, 0) is 18.4 Å². The van der Waals surface area contributed by atoms with Crippen molar-refractivity contribution in [3.63, 3.8) is 0 Å². The van der Waals surface area contributed by atoms with E-state index in [9.17, 15) is 14.4 Å². The summed E-state index contributed by atoms with van der Waals surface area (Å²) in [4.78, 5) is 36.0. The molecule has 3 amide bonds. The number of carboxylic acids is 1. The normalized spacial score (nSPS) is 11.7. The largest absolute Gasteiger partial charge is 0.480 e. The molecule has 0 bridgehead atoms. The fourth-order valence-corrected chi connectivity index (χ4v) is 2.36. The Morgan fingerprint density at radius 2 is 2.14 bits per heavy atom. The molecule has 1 rings (SSSR count). The number of ether oxygens (including phenoxy) is 1. The Morgan fingerprint density at radius 3 is 2.71 bits per heavy atom. The number of nitrogens with one attached hydrogen (secondary N) is 1. The van der Waals surface area contributed by atoms with Crippen LogP contribution >= 0.6 is 11.3 Å². The van der Waals surface area contributed by atoms with E-state index in [0.717, 1.165) is 4.88 Å². The van der Waals surface area contributed by atoms with Gasteiger partial charge in [0.15, 0.2) is 0 Å². The van der Waals surface area contributed by atoms with Gasteiger partial charge in [-0.25, -0.2) is 9.59 Å². The van der Waals surface area contributed by atoms with Crippen molar-refractivity contribution in [1.29, 1.82) is 0 Å². The molecule has 1 aromatic rings. The lowest BCUT2D eigenvalue weighted by Crippen LogP contribution is -2.46. The molecule has 0 radical (unpaired) electrons. The van der Waals surface area contributed by atoms with Crippen molar-refractivity contribution in [2.75, 3.05) is 20.3 Å². The number of aliphatic carboxylic acids is 1. The van der Waals surface area contributed by atoms with Gasteiger partial charge in [0, 0.05) is 24.4 Å². The summed E-state index contributed by atoms with van der Waals surface area (Å²) < 4.78 is 4.60. The van der Waals surface area contributed by atoms with Gasteiger partial charge in [0.1, 0.15) is 13.2 Å². The third-order valence-electron chi connectivity index (χ3n) is 2.76. The van der Waals surface area contributed by atoms with Gasteiger partial charge in [-0.2, -0.15) is 0 Å². The maximum Gasteiger partial charge on any atom is 0.329 e. The maximum absolute atomic E-state index is 11.8. The van der Waals surface area contributed by atoms with Crippen molar-refractivity contribution >= 4 is 29.2 Å². The second-order valence-corrected chi connectivity index (χ2v) is 5.52. The van der Waals surface area contributed by atoms with Crippen LogP contribution in [0, 0.1) is 0 Å². The first kappa shape index (κ1) is 17.1. The molecule has 1 aromatic heterocycles. The van der Waals surface area contributed by atoms with Crippen LogP contribution in [0.4, 0.5) is 4.79 Å². The van der Waals surface area contributed by atoms with E-state index in [0.29, 0.717) is 6.42 Å². The van der Waals surface area contributed by atoms with Crippen molar-refractivity contribution in [3.8, 4) is 0 Å². The molecular weight excluding hydrogens is 296 g/mol. The zero-order valence-electron chi connectivity index (χ0n) is 11.9. The number of thiophene rings is 1. The number of carboxylic acid groups (broad SMARTS) is 1. The average Bonchev–Trinajstić information content (AvgIpc) is 2.89. The summed E-state index contributed by atoms with van der Waals surface area (Å²) in [5.41, 5.74) is 0. The third-order valence-corrected chi connectivity index (χ3v) is 3.66. The lowest BCUT2D eigenvalue weighted by atomic mass is 10.2. The number of carbonyl (C=O) groups excluding carboxylic acids is 2. The van der Waals surface area contributed by atoms with Crippen molar-refractivity contribution in [1.82, 2.24) is 10.2 Å². The molecule has 1 unspecified atom stereocenters. The number of imide groups is 1. The summed E-state index contributed by atoms with van der Waals surface area (Å²) in [5.74, 6) is -1.84. The number of rotatable bonds is 7. The lowest BCUT2D eigenvalue weighted by molar-refractivity contribution is -0.143. The summed E-state index contributed by atoms with van der Waals surface area (Å²) in [6.07, 6.45) is 0.700. The van der Waals surface area contributed by atoms with Crippen LogP contribution in [0.25, 0.3) is 0 Å². The first-order valence-electron chi connectivity index (χ1n) is 6.28. The van der Waals surface area contributed by atoms with Crippen LogP contribution in [0.15, 0.2) is 17.5 Å². The second-order valence-electron chi connectivity index (χ2n) is 4.48. The van der Waals surface area contributed by atoms with Crippen LogP contribution in [0.3, 0.4) is 0 Å². The van der Waals surface area contributed by atoms with E-state index in [2.05, 4.69) is 10.1 Å². The monoisotopic (exact) mass is 314 g/mol. The Bertz CT molecular complexity index is 489. The van der Waals surface area contributed by atoms with Crippen molar-refractivity contribution in [2.45, 2.75) is 19.4 Å². The van der Waals surface area contributed by atoms with Gasteiger partial charge in [0.05, 0.1) is 0 Å². The molecule has 0 aliphatic carbocycles. The van der Waals surface area contributed by atoms with Crippen LogP contribution in [-0.2, 0) is 20.7 Å². The van der Waals surface area contributed by atoms with Gasteiger partial charge in [0.2, 0.25) is 0 Å².